The Hall–Kier alpha value is 0.675. The summed E-state index contributed by atoms with van der Waals surface area (Å²) in [6.07, 6.45) is 2.82. The molecule has 0 rings (SSSR count). The van der Waals surface area contributed by atoms with Crippen molar-refractivity contribution in [1.82, 2.24) is 0 Å². The Morgan fingerprint density at radius 1 is 1.71 bits per heavy atom. The Labute approximate surface area is 58.4 Å². The molecule has 0 aromatic carbocycles. The number of unbranched alkanes of at least 4 members (excludes halogenated alkanes) is 1. The molecule has 0 aromatic rings. The molecule has 0 bridgehead atoms. The molecule has 0 N–H and O–H groups in total. The zero-order valence-electron chi connectivity index (χ0n) is 5.11. The summed E-state index contributed by atoms with van der Waals surface area (Å²) in [5, 5.41) is 0. The van der Waals surface area contributed by atoms with Gasteiger partial charge in [0.2, 0.25) is 0 Å². The topological polar surface area (TPSA) is 0 Å². The second-order valence-electron chi connectivity index (χ2n) is 1.78. The number of hydrogen-bond acceptors (Lipinski definition) is 0. The van der Waals surface area contributed by atoms with E-state index in [1.807, 2.05) is 0 Å². The van der Waals surface area contributed by atoms with E-state index in [9.17, 15) is 0 Å². The van der Waals surface area contributed by atoms with Crippen LogP contribution < -0.4 is 0 Å². The molecule has 0 amide bonds. The van der Waals surface area contributed by atoms with Gasteiger partial charge in [0.15, 0.2) is 0 Å². The molecule has 0 heterocycles. The average Bonchev–Trinajstić information content (AvgIpc) is 1.69. The predicted octanol–water partition coefficient (Wildman–Crippen LogP) is 2.43. The van der Waals surface area contributed by atoms with Crippen molar-refractivity contribution < 1.29 is 24.6 Å². The monoisotopic (exact) mass is 286 g/mol. The van der Waals surface area contributed by atoms with E-state index >= 15 is 0 Å². The molecule has 0 unspecified atom stereocenters. The van der Waals surface area contributed by atoms with E-state index in [0.29, 0.717) is 0 Å². The van der Waals surface area contributed by atoms with Gasteiger partial charge in [0, 0.05) is 0 Å². The van der Waals surface area contributed by atoms with Crippen molar-refractivity contribution in [2.45, 2.75) is 23.7 Å². The van der Waals surface area contributed by atoms with Gasteiger partial charge in [-0.25, -0.2) is 0 Å². The summed E-state index contributed by atoms with van der Waals surface area (Å²) in [6, 6.07) is 0. The first-order chi connectivity index (χ1) is 3.41. The van der Waals surface area contributed by atoms with Gasteiger partial charge >= 0.3 is 58.4 Å². The van der Waals surface area contributed by atoms with Crippen molar-refractivity contribution in [1.29, 1.82) is 0 Å². The Bertz CT molecular complexity index is 41.4. The van der Waals surface area contributed by atoms with Crippen LogP contribution in [0.3, 0.4) is 0 Å². The molecular weight excluding hydrogens is 273 g/mol. The molecular formula is C6H12Hg. The molecule has 0 spiro atoms. The van der Waals surface area contributed by atoms with E-state index in [0.717, 1.165) is 0 Å². The zero-order valence-corrected chi connectivity index (χ0v) is 10.6. The van der Waals surface area contributed by atoms with Crippen LogP contribution in [0.4, 0.5) is 0 Å². The Morgan fingerprint density at radius 2 is 2.43 bits per heavy atom. The standard InChI is InChI=1S/C4H9.C2H3.Hg/c1-3-4-2;1-2;/h1,3-4H2,2H3;1H,2H2;. The van der Waals surface area contributed by atoms with Crippen LogP contribution in [0.5, 0.6) is 0 Å². The van der Waals surface area contributed by atoms with E-state index in [-0.39, 0.29) is 0 Å². The van der Waals surface area contributed by atoms with Crippen molar-refractivity contribution in [3.05, 3.63) is 10.2 Å². The predicted molar refractivity (Wildman–Crippen MR) is 29.9 cm³/mol. The zero-order chi connectivity index (χ0) is 5.54. The first kappa shape index (κ1) is 7.68. The normalized spacial score (nSPS) is 7.57. The Kier molecular flexibility index (Phi) is 7.32. The average molecular weight is 285 g/mol. The Balaban J connectivity index is 2.56. The molecule has 0 aliphatic heterocycles. The molecule has 0 aliphatic carbocycles. The van der Waals surface area contributed by atoms with Crippen LogP contribution in [-0.2, 0) is 24.6 Å². The van der Waals surface area contributed by atoms with Gasteiger partial charge in [0.25, 0.3) is 0 Å². The molecule has 0 aromatic heterocycles. The van der Waals surface area contributed by atoms with Crippen LogP contribution >= 0.6 is 0 Å². The van der Waals surface area contributed by atoms with Gasteiger partial charge < -0.3 is 0 Å². The molecule has 0 nitrogen and oxygen atoms in total. The summed E-state index contributed by atoms with van der Waals surface area (Å²) in [5.74, 6) is 0. The van der Waals surface area contributed by atoms with Gasteiger partial charge in [-0.1, -0.05) is 0 Å². The quantitative estimate of drug-likeness (QED) is 0.549. The molecule has 0 saturated carbocycles. The van der Waals surface area contributed by atoms with Gasteiger partial charge in [-0.05, 0) is 0 Å². The van der Waals surface area contributed by atoms with Crippen LogP contribution in [0.2, 0.25) is 3.93 Å². The van der Waals surface area contributed by atoms with E-state index in [1.54, 1.807) is 3.93 Å². The van der Waals surface area contributed by atoms with Crippen LogP contribution in [0, 0.1) is 0 Å². The van der Waals surface area contributed by atoms with Gasteiger partial charge in [0.05, 0.1) is 0 Å². The fraction of sp³-hybridized carbons (Fsp3) is 0.667. The van der Waals surface area contributed by atoms with E-state index in [1.165, 1.54) is 12.8 Å². The van der Waals surface area contributed by atoms with Crippen molar-refractivity contribution in [2.24, 2.45) is 0 Å². The first-order valence-corrected chi connectivity index (χ1v) is 10.1. The minimum atomic E-state index is -0.434. The SMILES string of the molecule is C=[CH][Hg][CH2]CCC. The van der Waals surface area contributed by atoms with Crippen LogP contribution in [-0.4, -0.2) is 0 Å². The molecule has 1 heteroatoms. The number of hydrogen-bond donors (Lipinski definition) is 0. The second kappa shape index (κ2) is 6.68. The van der Waals surface area contributed by atoms with Crippen LogP contribution in [0.15, 0.2) is 10.2 Å². The third kappa shape index (κ3) is 6.68. The molecule has 0 atom stereocenters. The van der Waals surface area contributed by atoms with Crippen molar-refractivity contribution in [3.8, 4) is 0 Å². The fourth-order valence-electron chi connectivity index (χ4n) is 0.539. The Morgan fingerprint density at radius 3 is 2.86 bits per heavy atom. The van der Waals surface area contributed by atoms with Crippen molar-refractivity contribution in [3.63, 3.8) is 0 Å². The molecule has 38 valence electrons. The van der Waals surface area contributed by atoms with Gasteiger partial charge in [-0.2, -0.15) is 0 Å². The maximum absolute atomic E-state index is 3.73. The molecule has 0 fully saturated rings. The molecule has 0 aliphatic rings. The minimum absolute atomic E-state index is 0.434. The third-order valence-electron chi connectivity index (χ3n) is 1.01. The summed E-state index contributed by atoms with van der Waals surface area (Å²) in [5.41, 5.74) is 0. The summed E-state index contributed by atoms with van der Waals surface area (Å²) in [6.45, 7) is 5.98. The maximum atomic E-state index is 3.73. The van der Waals surface area contributed by atoms with Gasteiger partial charge in [0.1, 0.15) is 0 Å². The van der Waals surface area contributed by atoms with Crippen LogP contribution in [0.25, 0.3) is 0 Å². The summed E-state index contributed by atoms with van der Waals surface area (Å²) >= 11 is -0.434. The van der Waals surface area contributed by atoms with Crippen LogP contribution in [0.1, 0.15) is 19.8 Å². The summed E-state index contributed by atoms with van der Waals surface area (Å²) in [4.78, 5) is 0. The fourth-order valence-corrected chi connectivity index (χ4v) is 4.73. The van der Waals surface area contributed by atoms with E-state index < -0.39 is 24.6 Å². The summed E-state index contributed by atoms with van der Waals surface area (Å²) in [7, 11) is 0. The molecule has 0 saturated heterocycles. The third-order valence-corrected chi connectivity index (χ3v) is 6.13. The molecule has 7 heavy (non-hydrogen) atoms. The van der Waals surface area contributed by atoms with Gasteiger partial charge in [-0.3, -0.25) is 0 Å². The van der Waals surface area contributed by atoms with Crippen molar-refractivity contribution >= 4 is 0 Å². The van der Waals surface area contributed by atoms with Gasteiger partial charge in [-0.15, -0.1) is 0 Å². The number of rotatable bonds is 4. The van der Waals surface area contributed by atoms with E-state index in [2.05, 4.69) is 17.1 Å². The first-order valence-electron chi connectivity index (χ1n) is 3.02. The summed E-state index contributed by atoms with van der Waals surface area (Å²) < 4.78 is 3.75. The molecule has 0 radical (unpaired) electrons. The van der Waals surface area contributed by atoms with Crippen molar-refractivity contribution in [2.75, 3.05) is 0 Å². The van der Waals surface area contributed by atoms with E-state index in [4.69, 9.17) is 0 Å². The second-order valence-corrected chi connectivity index (χ2v) is 9.02.